The number of H-pyrrole nitrogens is 1. The first-order valence-electron chi connectivity index (χ1n) is 8.27. The lowest BCUT2D eigenvalue weighted by molar-refractivity contribution is 0.126. The standard InChI is InChI=1S/C19H23N3O2S/c1-19(2,3)17-20-18(22-21-17)25-12-15(23)11-24-16-9-8-13-6-4-5-7-14(13)10-16/h4-10,15,23H,11-12H2,1-3H3,(H,20,21,22)/t15-/m1/s1. The van der Waals surface area contributed by atoms with E-state index in [1.54, 1.807) is 0 Å². The number of aliphatic hydroxyl groups excluding tert-OH is 1. The van der Waals surface area contributed by atoms with Crippen molar-refractivity contribution in [2.45, 2.75) is 37.4 Å². The Kier molecular flexibility index (Phi) is 5.30. The highest BCUT2D eigenvalue weighted by Gasteiger charge is 2.19. The molecule has 3 aromatic rings. The molecule has 1 heterocycles. The van der Waals surface area contributed by atoms with Crippen molar-refractivity contribution in [1.82, 2.24) is 15.2 Å². The molecule has 6 heteroatoms. The summed E-state index contributed by atoms with van der Waals surface area (Å²) in [6.07, 6.45) is -0.590. The molecule has 0 bridgehead atoms. The third-order valence-electron chi connectivity index (χ3n) is 3.74. The second-order valence-corrected chi connectivity index (χ2v) is 7.99. The van der Waals surface area contributed by atoms with Crippen LogP contribution in [-0.4, -0.2) is 38.8 Å². The highest BCUT2D eigenvalue weighted by molar-refractivity contribution is 7.99. The zero-order valence-corrected chi connectivity index (χ0v) is 15.5. The molecule has 3 rings (SSSR count). The highest BCUT2D eigenvalue weighted by Crippen LogP contribution is 2.23. The molecular weight excluding hydrogens is 334 g/mol. The predicted molar refractivity (Wildman–Crippen MR) is 101 cm³/mol. The molecule has 0 fully saturated rings. The van der Waals surface area contributed by atoms with Crippen molar-refractivity contribution in [1.29, 1.82) is 0 Å². The van der Waals surface area contributed by atoms with E-state index >= 15 is 0 Å². The van der Waals surface area contributed by atoms with E-state index in [-0.39, 0.29) is 12.0 Å². The number of fused-ring (bicyclic) bond motifs is 1. The highest BCUT2D eigenvalue weighted by atomic mass is 32.2. The average molecular weight is 357 g/mol. The van der Waals surface area contributed by atoms with Crippen LogP contribution in [0.5, 0.6) is 5.75 Å². The van der Waals surface area contributed by atoms with Gasteiger partial charge in [-0.25, -0.2) is 4.98 Å². The Morgan fingerprint density at radius 2 is 1.92 bits per heavy atom. The number of nitrogens with one attached hydrogen (secondary N) is 1. The van der Waals surface area contributed by atoms with E-state index in [9.17, 15) is 5.11 Å². The number of aromatic nitrogens is 3. The van der Waals surface area contributed by atoms with Crippen LogP contribution in [0, 0.1) is 0 Å². The van der Waals surface area contributed by atoms with Crippen LogP contribution < -0.4 is 4.74 Å². The van der Waals surface area contributed by atoms with Gasteiger partial charge in [-0.1, -0.05) is 62.9 Å². The second-order valence-electron chi connectivity index (χ2n) is 7.00. The summed E-state index contributed by atoms with van der Waals surface area (Å²) in [6, 6.07) is 14.1. The van der Waals surface area contributed by atoms with Gasteiger partial charge in [0.2, 0.25) is 5.16 Å². The zero-order chi connectivity index (χ0) is 17.9. The molecule has 25 heavy (non-hydrogen) atoms. The normalized spacial score (nSPS) is 13.1. The number of rotatable bonds is 6. The van der Waals surface area contributed by atoms with E-state index in [0.29, 0.717) is 10.9 Å². The van der Waals surface area contributed by atoms with E-state index in [1.165, 1.54) is 17.1 Å². The van der Waals surface area contributed by atoms with Crippen LogP contribution in [0.4, 0.5) is 0 Å². The van der Waals surface area contributed by atoms with Crippen molar-refractivity contribution in [3.8, 4) is 5.75 Å². The zero-order valence-electron chi connectivity index (χ0n) is 14.7. The molecule has 2 aromatic carbocycles. The van der Waals surface area contributed by atoms with E-state index < -0.39 is 6.10 Å². The molecule has 0 aliphatic carbocycles. The van der Waals surface area contributed by atoms with Gasteiger partial charge >= 0.3 is 0 Å². The first kappa shape index (κ1) is 17.8. The lowest BCUT2D eigenvalue weighted by Crippen LogP contribution is -2.20. The number of nitrogens with zero attached hydrogens (tertiary/aromatic N) is 2. The van der Waals surface area contributed by atoms with Gasteiger partial charge in [-0.2, -0.15) is 0 Å². The van der Waals surface area contributed by atoms with Crippen LogP contribution in [0.15, 0.2) is 47.6 Å². The third-order valence-corrected chi connectivity index (χ3v) is 4.74. The third kappa shape index (κ3) is 4.74. The molecule has 0 saturated heterocycles. The van der Waals surface area contributed by atoms with Crippen LogP contribution in [0.25, 0.3) is 10.8 Å². The van der Waals surface area contributed by atoms with E-state index in [0.717, 1.165) is 17.0 Å². The molecule has 0 radical (unpaired) electrons. The number of benzene rings is 2. The minimum atomic E-state index is -0.590. The van der Waals surface area contributed by atoms with Crippen molar-refractivity contribution in [2.24, 2.45) is 0 Å². The van der Waals surface area contributed by atoms with Gasteiger partial charge in [-0.3, -0.25) is 5.10 Å². The van der Waals surface area contributed by atoms with Gasteiger partial charge in [-0.05, 0) is 22.9 Å². The van der Waals surface area contributed by atoms with Crippen molar-refractivity contribution in [3.05, 3.63) is 48.3 Å². The number of hydrogen-bond donors (Lipinski definition) is 2. The first-order chi connectivity index (χ1) is 11.9. The lowest BCUT2D eigenvalue weighted by Gasteiger charge is -2.13. The predicted octanol–water partition coefficient (Wildman–Crippen LogP) is 3.79. The number of aromatic amines is 1. The average Bonchev–Trinajstić information content (AvgIpc) is 3.07. The van der Waals surface area contributed by atoms with Crippen LogP contribution in [0.2, 0.25) is 0 Å². The second kappa shape index (κ2) is 7.45. The molecular formula is C19H23N3O2S. The van der Waals surface area contributed by atoms with Crippen molar-refractivity contribution < 1.29 is 9.84 Å². The fraction of sp³-hybridized carbons (Fsp3) is 0.368. The smallest absolute Gasteiger partial charge is 0.208 e. The molecule has 1 aromatic heterocycles. The van der Waals surface area contributed by atoms with Gasteiger partial charge in [0, 0.05) is 11.2 Å². The van der Waals surface area contributed by atoms with E-state index in [2.05, 4.69) is 42.0 Å². The summed E-state index contributed by atoms with van der Waals surface area (Å²) < 4.78 is 5.71. The molecule has 0 saturated carbocycles. The van der Waals surface area contributed by atoms with Crippen molar-refractivity contribution in [3.63, 3.8) is 0 Å². The van der Waals surface area contributed by atoms with Crippen LogP contribution in [0.3, 0.4) is 0 Å². The fourth-order valence-electron chi connectivity index (χ4n) is 2.31. The minimum Gasteiger partial charge on any atom is -0.491 e. The molecule has 2 N–H and O–H groups in total. The summed E-state index contributed by atoms with van der Waals surface area (Å²) in [7, 11) is 0. The summed E-state index contributed by atoms with van der Waals surface area (Å²) in [5.41, 5.74) is -0.0659. The van der Waals surface area contributed by atoms with Gasteiger partial charge < -0.3 is 9.84 Å². The van der Waals surface area contributed by atoms with Crippen LogP contribution in [-0.2, 0) is 5.41 Å². The van der Waals surface area contributed by atoms with Gasteiger partial charge in [0.25, 0.3) is 0 Å². The van der Waals surface area contributed by atoms with Crippen LogP contribution in [0.1, 0.15) is 26.6 Å². The summed E-state index contributed by atoms with van der Waals surface area (Å²) >= 11 is 1.42. The molecule has 0 aliphatic rings. The molecule has 0 spiro atoms. The van der Waals surface area contributed by atoms with E-state index in [4.69, 9.17) is 4.74 Å². The quantitative estimate of drug-likeness (QED) is 0.657. The maximum absolute atomic E-state index is 10.1. The molecule has 0 aliphatic heterocycles. The Balaban J connectivity index is 1.50. The SMILES string of the molecule is CC(C)(C)c1nc(SC[C@H](O)COc2ccc3ccccc3c2)n[nH]1. The molecule has 0 unspecified atom stereocenters. The summed E-state index contributed by atoms with van der Waals surface area (Å²) in [5, 5.41) is 20.2. The molecule has 5 nitrogen and oxygen atoms in total. The Bertz CT molecular complexity index is 842. The molecule has 132 valence electrons. The van der Waals surface area contributed by atoms with Crippen molar-refractivity contribution in [2.75, 3.05) is 12.4 Å². The van der Waals surface area contributed by atoms with E-state index in [1.807, 2.05) is 36.4 Å². The van der Waals surface area contributed by atoms with Crippen molar-refractivity contribution >= 4 is 22.5 Å². The Morgan fingerprint density at radius 1 is 1.16 bits per heavy atom. The number of thioether (sulfide) groups is 1. The summed E-state index contributed by atoms with van der Waals surface area (Å²) in [4.78, 5) is 4.45. The number of aliphatic hydroxyl groups is 1. The fourth-order valence-corrected chi connectivity index (χ4v) is 3.02. The topological polar surface area (TPSA) is 71.0 Å². The lowest BCUT2D eigenvalue weighted by atomic mass is 9.96. The Labute approximate surface area is 151 Å². The first-order valence-corrected chi connectivity index (χ1v) is 9.26. The van der Waals surface area contributed by atoms with Gasteiger partial charge in [0.05, 0.1) is 6.10 Å². The number of ether oxygens (including phenoxy) is 1. The van der Waals surface area contributed by atoms with Gasteiger partial charge in [-0.15, -0.1) is 5.10 Å². The summed E-state index contributed by atoms with van der Waals surface area (Å²) in [6.45, 7) is 6.47. The minimum absolute atomic E-state index is 0.0659. The Morgan fingerprint density at radius 3 is 2.64 bits per heavy atom. The maximum atomic E-state index is 10.1. The summed E-state index contributed by atoms with van der Waals surface area (Å²) in [5.74, 6) is 2.09. The van der Waals surface area contributed by atoms with Gasteiger partial charge in [0.1, 0.15) is 18.2 Å². The number of hydrogen-bond acceptors (Lipinski definition) is 5. The monoisotopic (exact) mass is 357 g/mol. The van der Waals surface area contributed by atoms with Crippen LogP contribution >= 0.6 is 11.8 Å². The molecule has 1 atom stereocenters. The Hall–Kier alpha value is -2.05. The molecule has 0 amide bonds. The largest absolute Gasteiger partial charge is 0.491 e. The maximum Gasteiger partial charge on any atom is 0.208 e. The van der Waals surface area contributed by atoms with Gasteiger partial charge in [0.15, 0.2) is 0 Å².